The lowest BCUT2D eigenvalue weighted by atomic mass is 10.1. The van der Waals surface area contributed by atoms with E-state index in [2.05, 4.69) is 11.4 Å². The molecule has 0 saturated carbocycles. The van der Waals surface area contributed by atoms with Crippen LogP contribution >= 0.6 is 0 Å². The number of carbonyl (C=O) groups excluding carboxylic acids is 1. The van der Waals surface area contributed by atoms with Gasteiger partial charge in [-0.2, -0.15) is 5.26 Å². The van der Waals surface area contributed by atoms with E-state index in [1.54, 1.807) is 6.07 Å². The lowest BCUT2D eigenvalue weighted by Gasteiger charge is -2.24. The number of hydrogen-bond acceptors (Lipinski definition) is 4. The van der Waals surface area contributed by atoms with Crippen LogP contribution in [0.5, 0.6) is 0 Å². The zero-order valence-electron chi connectivity index (χ0n) is 12.3. The molecule has 0 bridgehead atoms. The minimum Gasteiger partial charge on any atom is -0.381 e. The minimum absolute atomic E-state index is 0.0424. The quantitative estimate of drug-likeness (QED) is 0.886. The van der Waals surface area contributed by atoms with Gasteiger partial charge in [-0.05, 0) is 37.6 Å². The SMILES string of the molecule is CN(CC(=O)NC1CCOCC1)Cc1cccc(C#N)c1. The zero-order valence-corrected chi connectivity index (χ0v) is 12.3. The maximum absolute atomic E-state index is 12.0. The summed E-state index contributed by atoms with van der Waals surface area (Å²) in [7, 11) is 1.91. The van der Waals surface area contributed by atoms with Gasteiger partial charge in [0.25, 0.3) is 0 Å². The van der Waals surface area contributed by atoms with Crippen molar-refractivity contribution < 1.29 is 9.53 Å². The van der Waals surface area contributed by atoms with Crippen molar-refractivity contribution in [3.63, 3.8) is 0 Å². The van der Waals surface area contributed by atoms with Crippen LogP contribution < -0.4 is 5.32 Å². The van der Waals surface area contributed by atoms with Crippen molar-refractivity contribution in [2.75, 3.05) is 26.8 Å². The van der Waals surface area contributed by atoms with E-state index in [-0.39, 0.29) is 11.9 Å². The van der Waals surface area contributed by atoms with Crippen LogP contribution in [0, 0.1) is 11.3 Å². The fourth-order valence-corrected chi connectivity index (χ4v) is 2.47. The molecule has 1 heterocycles. The standard InChI is InChI=1S/C16H21N3O2/c1-19(11-14-4-2-3-13(9-14)10-17)12-16(20)18-15-5-7-21-8-6-15/h2-4,9,15H,5-8,11-12H2,1H3,(H,18,20). The summed E-state index contributed by atoms with van der Waals surface area (Å²) < 4.78 is 5.28. The smallest absolute Gasteiger partial charge is 0.234 e. The summed E-state index contributed by atoms with van der Waals surface area (Å²) in [5, 5.41) is 11.9. The van der Waals surface area contributed by atoms with Crippen molar-refractivity contribution in [3.05, 3.63) is 35.4 Å². The van der Waals surface area contributed by atoms with Gasteiger partial charge in [0, 0.05) is 25.8 Å². The number of carbonyl (C=O) groups is 1. The molecular formula is C16H21N3O2. The Morgan fingerprint density at radius 3 is 2.95 bits per heavy atom. The summed E-state index contributed by atoms with van der Waals surface area (Å²) in [5.41, 5.74) is 1.68. The molecule has 1 saturated heterocycles. The summed E-state index contributed by atoms with van der Waals surface area (Å²) in [4.78, 5) is 13.9. The maximum Gasteiger partial charge on any atom is 0.234 e. The lowest BCUT2D eigenvalue weighted by Crippen LogP contribution is -2.43. The third-order valence-electron chi connectivity index (χ3n) is 3.51. The number of rotatable bonds is 5. The molecule has 1 aliphatic heterocycles. The highest BCUT2D eigenvalue weighted by molar-refractivity contribution is 5.78. The lowest BCUT2D eigenvalue weighted by molar-refractivity contribution is -0.123. The first-order valence-corrected chi connectivity index (χ1v) is 7.22. The van der Waals surface area contributed by atoms with Gasteiger partial charge in [-0.15, -0.1) is 0 Å². The zero-order chi connectivity index (χ0) is 15.1. The summed E-state index contributed by atoms with van der Waals surface area (Å²) in [6.45, 7) is 2.45. The van der Waals surface area contributed by atoms with Gasteiger partial charge in [0.1, 0.15) is 0 Å². The van der Waals surface area contributed by atoms with Gasteiger partial charge >= 0.3 is 0 Å². The van der Waals surface area contributed by atoms with Crippen LogP contribution in [0.4, 0.5) is 0 Å². The highest BCUT2D eigenvalue weighted by Crippen LogP contribution is 2.08. The second-order valence-corrected chi connectivity index (χ2v) is 5.44. The molecule has 0 aromatic heterocycles. The van der Waals surface area contributed by atoms with E-state index in [1.807, 2.05) is 30.1 Å². The molecule has 0 aliphatic carbocycles. The van der Waals surface area contributed by atoms with Crippen molar-refractivity contribution in [2.45, 2.75) is 25.4 Å². The molecule has 1 aliphatic rings. The molecule has 1 amide bonds. The normalized spacial score (nSPS) is 15.7. The summed E-state index contributed by atoms with van der Waals surface area (Å²) >= 11 is 0. The van der Waals surface area contributed by atoms with E-state index in [9.17, 15) is 4.79 Å². The number of nitrogens with one attached hydrogen (secondary N) is 1. The molecule has 1 aromatic rings. The van der Waals surface area contributed by atoms with Crippen LogP contribution in [-0.4, -0.2) is 43.7 Å². The number of nitriles is 1. The van der Waals surface area contributed by atoms with E-state index < -0.39 is 0 Å². The summed E-state index contributed by atoms with van der Waals surface area (Å²) in [6, 6.07) is 9.83. The number of amides is 1. The molecule has 1 fully saturated rings. The Hall–Kier alpha value is -1.90. The van der Waals surface area contributed by atoms with Gasteiger partial charge < -0.3 is 10.1 Å². The molecule has 0 radical (unpaired) electrons. The number of ether oxygens (including phenoxy) is 1. The molecule has 2 rings (SSSR count). The van der Waals surface area contributed by atoms with E-state index in [0.29, 0.717) is 18.7 Å². The predicted molar refractivity (Wildman–Crippen MR) is 79.5 cm³/mol. The Kier molecular flexibility index (Phi) is 5.73. The first-order valence-electron chi connectivity index (χ1n) is 7.22. The fraction of sp³-hybridized carbons (Fsp3) is 0.500. The molecule has 1 N–H and O–H groups in total. The van der Waals surface area contributed by atoms with Crippen molar-refractivity contribution in [1.29, 1.82) is 5.26 Å². The Balaban J connectivity index is 1.79. The van der Waals surface area contributed by atoms with Crippen LogP contribution in [0.2, 0.25) is 0 Å². The van der Waals surface area contributed by atoms with Crippen LogP contribution in [0.15, 0.2) is 24.3 Å². The molecule has 21 heavy (non-hydrogen) atoms. The number of hydrogen-bond donors (Lipinski definition) is 1. The third kappa shape index (κ3) is 5.18. The van der Waals surface area contributed by atoms with E-state index >= 15 is 0 Å². The monoisotopic (exact) mass is 287 g/mol. The highest BCUT2D eigenvalue weighted by atomic mass is 16.5. The second-order valence-electron chi connectivity index (χ2n) is 5.44. The Morgan fingerprint density at radius 2 is 2.24 bits per heavy atom. The maximum atomic E-state index is 12.0. The molecule has 1 aromatic carbocycles. The number of benzene rings is 1. The van der Waals surface area contributed by atoms with Crippen molar-refractivity contribution in [1.82, 2.24) is 10.2 Å². The minimum atomic E-state index is 0.0424. The van der Waals surface area contributed by atoms with Crippen molar-refractivity contribution in [3.8, 4) is 6.07 Å². The van der Waals surface area contributed by atoms with Crippen LogP contribution in [0.3, 0.4) is 0 Å². The molecular weight excluding hydrogens is 266 g/mol. The average Bonchev–Trinajstić information content (AvgIpc) is 2.48. The van der Waals surface area contributed by atoms with E-state index in [0.717, 1.165) is 31.6 Å². The summed E-state index contributed by atoms with van der Waals surface area (Å²) in [5.74, 6) is 0.0424. The van der Waals surface area contributed by atoms with Gasteiger partial charge in [0.15, 0.2) is 0 Å². The third-order valence-corrected chi connectivity index (χ3v) is 3.51. The predicted octanol–water partition coefficient (Wildman–Crippen LogP) is 1.29. The second kappa shape index (κ2) is 7.77. The molecule has 112 valence electrons. The van der Waals surface area contributed by atoms with E-state index in [1.165, 1.54) is 0 Å². The Bertz CT molecular complexity index is 518. The molecule has 5 nitrogen and oxygen atoms in total. The Labute approximate surface area is 125 Å². The topological polar surface area (TPSA) is 65.4 Å². The highest BCUT2D eigenvalue weighted by Gasteiger charge is 2.16. The van der Waals surface area contributed by atoms with Gasteiger partial charge in [0.2, 0.25) is 5.91 Å². The average molecular weight is 287 g/mol. The summed E-state index contributed by atoms with van der Waals surface area (Å²) in [6.07, 6.45) is 1.78. The van der Waals surface area contributed by atoms with Crippen LogP contribution in [-0.2, 0) is 16.1 Å². The molecule has 0 spiro atoms. The first kappa shape index (κ1) is 15.5. The number of nitrogens with zero attached hydrogens (tertiary/aromatic N) is 2. The molecule has 0 unspecified atom stereocenters. The van der Waals surface area contributed by atoms with Crippen molar-refractivity contribution >= 4 is 5.91 Å². The first-order chi connectivity index (χ1) is 10.2. The van der Waals surface area contributed by atoms with Gasteiger partial charge in [-0.25, -0.2) is 0 Å². The Morgan fingerprint density at radius 1 is 1.48 bits per heavy atom. The fourth-order valence-electron chi connectivity index (χ4n) is 2.47. The van der Waals surface area contributed by atoms with Gasteiger partial charge in [0.05, 0.1) is 18.2 Å². The van der Waals surface area contributed by atoms with Crippen molar-refractivity contribution in [2.24, 2.45) is 0 Å². The number of likely N-dealkylation sites (N-methyl/N-ethyl adjacent to an activating group) is 1. The van der Waals surface area contributed by atoms with Crippen LogP contribution in [0.25, 0.3) is 0 Å². The largest absolute Gasteiger partial charge is 0.381 e. The molecule has 5 heteroatoms. The van der Waals surface area contributed by atoms with E-state index in [4.69, 9.17) is 10.00 Å². The van der Waals surface area contributed by atoms with Crippen LogP contribution in [0.1, 0.15) is 24.0 Å². The molecule has 0 atom stereocenters. The van der Waals surface area contributed by atoms with Gasteiger partial charge in [-0.3, -0.25) is 9.69 Å². The van der Waals surface area contributed by atoms with Gasteiger partial charge in [-0.1, -0.05) is 12.1 Å².